The molecule has 0 unspecified atom stereocenters. The van der Waals surface area contributed by atoms with E-state index in [4.69, 9.17) is 4.74 Å². The van der Waals surface area contributed by atoms with Crippen LogP contribution in [0.2, 0.25) is 0 Å². The van der Waals surface area contributed by atoms with Crippen LogP contribution in [0, 0.1) is 6.92 Å². The normalized spacial score (nSPS) is 15.2. The molecule has 0 aliphatic carbocycles. The maximum absolute atomic E-state index is 12.2. The van der Waals surface area contributed by atoms with E-state index in [-0.39, 0.29) is 5.92 Å². The van der Waals surface area contributed by atoms with Gasteiger partial charge in [0.25, 0.3) is 0 Å². The Labute approximate surface area is 149 Å². The molecule has 6 heteroatoms. The minimum absolute atomic E-state index is 0.270. The molecule has 0 aromatic heterocycles. The first-order valence-corrected chi connectivity index (χ1v) is 8.98. The third kappa shape index (κ3) is 5.83. The molecule has 1 aliphatic heterocycles. The maximum atomic E-state index is 12.2. The largest absolute Gasteiger partial charge is 0.379 e. The quantitative estimate of drug-likeness (QED) is 0.609. The Morgan fingerprint density at radius 2 is 1.92 bits per heavy atom. The number of ether oxygens (including phenoxy) is 1. The molecule has 2 amide bonds. The number of carbonyl (C=O) groups excluding carboxylic acids is 2. The average Bonchev–Trinajstić information content (AvgIpc) is 2.60. The number of hydrogen-bond donors (Lipinski definition) is 2. The number of amides is 2. The number of carbonyl (C=O) groups is 2. The molecule has 0 saturated carbocycles. The van der Waals surface area contributed by atoms with Crippen LogP contribution in [0.3, 0.4) is 0 Å². The van der Waals surface area contributed by atoms with E-state index in [0.29, 0.717) is 6.54 Å². The monoisotopic (exact) mass is 347 g/mol. The third-order valence-electron chi connectivity index (χ3n) is 4.41. The summed E-state index contributed by atoms with van der Waals surface area (Å²) in [4.78, 5) is 26.5. The molecule has 138 valence electrons. The van der Waals surface area contributed by atoms with Gasteiger partial charge in [0.1, 0.15) is 0 Å². The number of benzene rings is 1. The summed E-state index contributed by atoms with van der Waals surface area (Å²) < 4.78 is 5.30. The molecule has 1 fully saturated rings. The lowest BCUT2D eigenvalue weighted by atomic mass is 9.98. The van der Waals surface area contributed by atoms with E-state index >= 15 is 0 Å². The standard InChI is InChI=1S/C19H29N3O3/c1-14(2)16-7-4-6-15(3)17(16)21-19(24)18(23)20-8-5-9-22-10-12-25-13-11-22/h4,6-7,14H,5,8-13H2,1-3H3,(H,20,23)(H,21,24). The Morgan fingerprint density at radius 1 is 1.20 bits per heavy atom. The van der Waals surface area contributed by atoms with Gasteiger partial charge >= 0.3 is 11.8 Å². The highest BCUT2D eigenvalue weighted by molar-refractivity contribution is 6.39. The number of aryl methyl sites for hydroxylation is 1. The number of morpholine rings is 1. The summed E-state index contributed by atoms with van der Waals surface area (Å²) in [6.07, 6.45) is 0.820. The van der Waals surface area contributed by atoms with Crippen molar-refractivity contribution >= 4 is 17.5 Å². The number of anilines is 1. The summed E-state index contributed by atoms with van der Waals surface area (Å²) in [6.45, 7) is 10.9. The van der Waals surface area contributed by atoms with Gasteiger partial charge in [0, 0.05) is 25.3 Å². The van der Waals surface area contributed by atoms with Crippen molar-refractivity contribution in [1.82, 2.24) is 10.2 Å². The first kappa shape index (κ1) is 19.4. The van der Waals surface area contributed by atoms with Gasteiger partial charge in [-0.3, -0.25) is 14.5 Å². The SMILES string of the molecule is Cc1cccc(C(C)C)c1NC(=O)C(=O)NCCCN1CCOCC1. The lowest BCUT2D eigenvalue weighted by Gasteiger charge is -2.26. The number of para-hydroxylation sites is 1. The number of nitrogens with zero attached hydrogens (tertiary/aromatic N) is 1. The van der Waals surface area contributed by atoms with Crippen molar-refractivity contribution in [3.63, 3.8) is 0 Å². The molecule has 2 rings (SSSR count). The Hall–Kier alpha value is -1.92. The van der Waals surface area contributed by atoms with E-state index in [1.807, 2.05) is 25.1 Å². The van der Waals surface area contributed by atoms with Crippen molar-refractivity contribution < 1.29 is 14.3 Å². The molecule has 0 atom stereocenters. The summed E-state index contributed by atoms with van der Waals surface area (Å²) in [7, 11) is 0. The van der Waals surface area contributed by atoms with E-state index in [0.717, 1.165) is 56.1 Å². The molecule has 1 saturated heterocycles. The van der Waals surface area contributed by atoms with Crippen LogP contribution in [0.25, 0.3) is 0 Å². The summed E-state index contributed by atoms with van der Waals surface area (Å²) in [5.41, 5.74) is 2.74. The molecule has 0 radical (unpaired) electrons. The van der Waals surface area contributed by atoms with E-state index < -0.39 is 11.8 Å². The summed E-state index contributed by atoms with van der Waals surface area (Å²) in [6, 6.07) is 5.88. The molecule has 0 spiro atoms. The van der Waals surface area contributed by atoms with E-state index in [1.165, 1.54) is 0 Å². The van der Waals surface area contributed by atoms with Crippen molar-refractivity contribution in [2.75, 3.05) is 44.7 Å². The highest BCUT2D eigenvalue weighted by Crippen LogP contribution is 2.27. The van der Waals surface area contributed by atoms with Crippen molar-refractivity contribution in [1.29, 1.82) is 0 Å². The lowest BCUT2D eigenvalue weighted by molar-refractivity contribution is -0.136. The first-order valence-electron chi connectivity index (χ1n) is 8.98. The van der Waals surface area contributed by atoms with Crippen LogP contribution < -0.4 is 10.6 Å². The van der Waals surface area contributed by atoms with Gasteiger partial charge < -0.3 is 15.4 Å². The smallest absolute Gasteiger partial charge is 0.313 e. The molecule has 25 heavy (non-hydrogen) atoms. The molecular weight excluding hydrogens is 318 g/mol. The first-order chi connectivity index (χ1) is 12.0. The van der Waals surface area contributed by atoms with E-state index in [1.54, 1.807) is 0 Å². The summed E-state index contributed by atoms with van der Waals surface area (Å²) in [5, 5.41) is 5.47. The van der Waals surface area contributed by atoms with Crippen LogP contribution in [-0.2, 0) is 14.3 Å². The van der Waals surface area contributed by atoms with Crippen LogP contribution in [0.15, 0.2) is 18.2 Å². The maximum Gasteiger partial charge on any atom is 0.313 e. The molecule has 1 aliphatic rings. The molecule has 1 heterocycles. The molecule has 1 aromatic rings. The van der Waals surface area contributed by atoms with Crippen LogP contribution in [0.5, 0.6) is 0 Å². The van der Waals surface area contributed by atoms with Gasteiger partial charge in [-0.1, -0.05) is 32.0 Å². The Kier molecular flexibility index (Phi) is 7.40. The summed E-state index contributed by atoms with van der Waals surface area (Å²) in [5.74, 6) is -0.922. The van der Waals surface area contributed by atoms with Gasteiger partial charge in [0.15, 0.2) is 0 Å². The highest BCUT2D eigenvalue weighted by atomic mass is 16.5. The molecule has 1 aromatic carbocycles. The van der Waals surface area contributed by atoms with E-state index in [9.17, 15) is 9.59 Å². The molecule has 6 nitrogen and oxygen atoms in total. The van der Waals surface area contributed by atoms with Crippen molar-refractivity contribution in [2.24, 2.45) is 0 Å². The second kappa shape index (κ2) is 9.53. The third-order valence-corrected chi connectivity index (χ3v) is 4.41. The fraction of sp³-hybridized carbons (Fsp3) is 0.579. The molecule has 0 bridgehead atoms. The topological polar surface area (TPSA) is 70.7 Å². The van der Waals surface area contributed by atoms with Gasteiger partial charge in [-0.25, -0.2) is 0 Å². The van der Waals surface area contributed by atoms with Crippen molar-refractivity contribution in [3.05, 3.63) is 29.3 Å². The van der Waals surface area contributed by atoms with Crippen LogP contribution >= 0.6 is 0 Å². The Morgan fingerprint density at radius 3 is 2.60 bits per heavy atom. The highest BCUT2D eigenvalue weighted by Gasteiger charge is 2.17. The van der Waals surface area contributed by atoms with Crippen LogP contribution in [0.1, 0.15) is 37.3 Å². The fourth-order valence-corrected chi connectivity index (χ4v) is 2.92. The lowest BCUT2D eigenvalue weighted by Crippen LogP contribution is -2.40. The second-order valence-corrected chi connectivity index (χ2v) is 6.71. The van der Waals surface area contributed by atoms with Gasteiger partial charge in [0.2, 0.25) is 0 Å². The minimum Gasteiger partial charge on any atom is -0.379 e. The zero-order chi connectivity index (χ0) is 18.2. The number of rotatable bonds is 6. The van der Waals surface area contributed by atoms with Crippen LogP contribution in [0.4, 0.5) is 5.69 Å². The molecular formula is C19H29N3O3. The Balaban J connectivity index is 1.79. The van der Waals surface area contributed by atoms with Crippen LogP contribution in [-0.4, -0.2) is 56.1 Å². The van der Waals surface area contributed by atoms with Gasteiger partial charge in [-0.2, -0.15) is 0 Å². The second-order valence-electron chi connectivity index (χ2n) is 6.71. The minimum atomic E-state index is -0.609. The van der Waals surface area contributed by atoms with Crippen molar-refractivity contribution in [3.8, 4) is 0 Å². The van der Waals surface area contributed by atoms with Gasteiger partial charge in [-0.05, 0) is 36.9 Å². The Bertz CT molecular complexity index is 596. The van der Waals surface area contributed by atoms with E-state index in [2.05, 4.69) is 29.4 Å². The molecule has 2 N–H and O–H groups in total. The number of nitrogens with one attached hydrogen (secondary N) is 2. The van der Waals surface area contributed by atoms with Gasteiger partial charge in [0.05, 0.1) is 13.2 Å². The van der Waals surface area contributed by atoms with Crippen molar-refractivity contribution in [2.45, 2.75) is 33.1 Å². The number of hydrogen-bond acceptors (Lipinski definition) is 4. The fourth-order valence-electron chi connectivity index (χ4n) is 2.92. The average molecular weight is 347 g/mol. The summed E-state index contributed by atoms with van der Waals surface area (Å²) >= 11 is 0. The predicted octanol–water partition coefficient (Wildman–Crippen LogP) is 1.90. The zero-order valence-electron chi connectivity index (χ0n) is 15.4. The predicted molar refractivity (Wildman–Crippen MR) is 98.8 cm³/mol. The zero-order valence-corrected chi connectivity index (χ0v) is 15.4. The van der Waals surface area contributed by atoms with Gasteiger partial charge in [-0.15, -0.1) is 0 Å².